The first-order valence-corrected chi connectivity index (χ1v) is 6.99. The van der Waals surface area contributed by atoms with Crippen molar-refractivity contribution in [3.63, 3.8) is 0 Å². The fourth-order valence-electron chi connectivity index (χ4n) is 0.942. The molecule has 0 aromatic heterocycles. The molecule has 0 aliphatic heterocycles. The minimum atomic E-state index is -4.12. The summed E-state index contributed by atoms with van der Waals surface area (Å²) in [5.41, 5.74) is 0. The molecule has 0 heterocycles. The van der Waals surface area contributed by atoms with Crippen LogP contribution in [0, 0.1) is 0 Å². The Kier molecular flexibility index (Phi) is 6.42. The average molecular weight is 254 g/mol. The van der Waals surface area contributed by atoms with Crippen LogP contribution < -0.4 is 4.72 Å². The van der Waals surface area contributed by atoms with Gasteiger partial charge in [-0.05, 0) is 13.3 Å². The quantitative estimate of drug-likeness (QED) is 0.441. The Labute approximate surface area is 95.6 Å². The van der Waals surface area contributed by atoms with E-state index in [4.69, 9.17) is 4.55 Å². The minimum Gasteiger partial charge on any atom is -0.286 e. The van der Waals surface area contributed by atoms with Crippen LogP contribution in [0.25, 0.3) is 0 Å². The van der Waals surface area contributed by atoms with Crippen LogP contribution in [0.15, 0.2) is 4.99 Å². The molecule has 0 aliphatic carbocycles. The molecule has 0 amide bonds. The monoisotopic (exact) mass is 254 g/mol. The van der Waals surface area contributed by atoms with Gasteiger partial charge in [0.25, 0.3) is 0 Å². The lowest BCUT2D eigenvalue weighted by Gasteiger charge is -2.19. The molecule has 2 atom stereocenters. The molecular formula is C8H18N2O3S2. The second-order valence-corrected chi connectivity index (χ2v) is 5.81. The Morgan fingerprint density at radius 2 is 2.07 bits per heavy atom. The van der Waals surface area contributed by atoms with Gasteiger partial charge in [0.2, 0.25) is 0 Å². The molecule has 0 spiro atoms. The highest BCUT2D eigenvalue weighted by Gasteiger charge is 2.18. The van der Waals surface area contributed by atoms with Crippen molar-refractivity contribution in [2.75, 3.05) is 7.05 Å². The Balaban J connectivity index is 4.27. The Hall–Kier alpha value is -0.110. The maximum absolute atomic E-state index is 10.6. The highest BCUT2D eigenvalue weighted by Crippen LogP contribution is 2.18. The highest BCUT2D eigenvalue weighted by atomic mass is 32.2. The minimum absolute atomic E-state index is 0.0191. The third-order valence-electron chi connectivity index (χ3n) is 1.91. The summed E-state index contributed by atoms with van der Waals surface area (Å²) in [6.07, 6.45) is 0.824. The molecule has 0 aromatic carbocycles. The Morgan fingerprint density at radius 1 is 1.53 bits per heavy atom. The number of hydrogen-bond donors (Lipinski definition) is 2. The number of aliphatic imine (C=N–C) groups is 1. The Bertz CT molecular complexity index is 314. The zero-order valence-corrected chi connectivity index (χ0v) is 11.0. The zero-order valence-electron chi connectivity index (χ0n) is 9.39. The maximum atomic E-state index is 10.6. The molecular weight excluding hydrogens is 236 g/mol. The first-order valence-electron chi connectivity index (χ1n) is 4.67. The van der Waals surface area contributed by atoms with Crippen LogP contribution in [0.2, 0.25) is 0 Å². The fourth-order valence-corrected chi connectivity index (χ4v) is 2.68. The summed E-state index contributed by atoms with van der Waals surface area (Å²) in [7, 11) is -2.41. The number of hydrogen-bond acceptors (Lipinski definition) is 4. The maximum Gasteiger partial charge on any atom is 0.333 e. The van der Waals surface area contributed by atoms with Crippen LogP contribution in [0.5, 0.6) is 0 Å². The number of rotatable bonds is 5. The van der Waals surface area contributed by atoms with E-state index in [0.29, 0.717) is 0 Å². The summed E-state index contributed by atoms with van der Waals surface area (Å²) in [4.78, 5) is 4.07. The molecule has 0 saturated heterocycles. The first-order chi connectivity index (χ1) is 6.80. The SMILES string of the molecule is CC/C(=N/C)S[C@H](C)C(C)NS(=O)(=O)O. The van der Waals surface area contributed by atoms with Crippen LogP contribution in [0.1, 0.15) is 27.2 Å². The van der Waals surface area contributed by atoms with Crippen LogP contribution in [0.3, 0.4) is 0 Å². The van der Waals surface area contributed by atoms with E-state index >= 15 is 0 Å². The van der Waals surface area contributed by atoms with Gasteiger partial charge in [0.15, 0.2) is 0 Å². The van der Waals surface area contributed by atoms with E-state index in [1.165, 1.54) is 11.8 Å². The molecule has 0 aromatic rings. The van der Waals surface area contributed by atoms with Gasteiger partial charge >= 0.3 is 10.3 Å². The molecule has 0 rings (SSSR count). The first kappa shape index (κ1) is 14.9. The second-order valence-electron chi connectivity index (χ2n) is 3.18. The van der Waals surface area contributed by atoms with E-state index < -0.39 is 10.3 Å². The summed E-state index contributed by atoms with van der Waals surface area (Å²) in [6, 6.07) is -0.340. The van der Waals surface area contributed by atoms with Crippen molar-refractivity contribution in [3.8, 4) is 0 Å². The van der Waals surface area contributed by atoms with E-state index in [-0.39, 0.29) is 11.3 Å². The van der Waals surface area contributed by atoms with Crippen molar-refractivity contribution in [1.82, 2.24) is 4.72 Å². The highest BCUT2D eigenvalue weighted by molar-refractivity contribution is 8.14. The summed E-state index contributed by atoms with van der Waals surface area (Å²) in [5, 5.41) is 0.983. The van der Waals surface area contributed by atoms with Crippen molar-refractivity contribution < 1.29 is 13.0 Å². The lowest BCUT2D eigenvalue weighted by molar-refractivity contribution is 0.455. The van der Waals surface area contributed by atoms with E-state index in [1.807, 2.05) is 13.8 Å². The summed E-state index contributed by atoms with van der Waals surface area (Å²) >= 11 is 1.51. The van der Waals surface area contributed by atoms with Gasteiger partial charge in [-0.25, -0.2) is 0 Å². The van der Waals surface area contributed by atoms with Crippen molar-refractivity contribution >= 4 is 27.1 Å². The lowest BCUT2D eigenvalue weighted by Crippen LogP contribution is -2.38. The third-order valence-corrected chi connectivity index (χ3v) is 4.11. The summed E-state index contributed by atoms with van der Waals surface area (Å²) in [6.45, 7) is 5.58. The van der Waals surface area contributed by atoms with Crippen LogP contribution in [-0.4, -0.2) is 36.4 Å². The van der Waals surface area contributed by atoms with Gasteiger partial charge in [-0.3, -0.25) is 9.55 Å². The predicted octanol–water partition coefficient (Wildman–Crippen LogP) is 1.33. The molecule has 90 valence electrons. The summed E-state index contributed by atoms with van der Waals surface area (Å²) in [5.74, 6) is 0. The van der Waals surface area contributed by atoms with Crippen LogP contribution in [-0.2, 0) is 10.3 Å². The van der Waals surface area contributed by atoms with Gasteiger partial charge in [-0.1, -0.05) is 13.8 Å². The molecule has 2 N–H and O–H groups in total. The van der Waals surface area contributed by atoms with E-state index in [1.54, 1.807) is 14.0 Å². The smallest absolute Gasteiger partial charge is 0.286 e. The molecule has 1 unspecified atom stereocenters. The van der Waals surface area contributed by atoms with E-state index in [2.05, 4.69) is 9.71 Å². The van der Waals surface area contributed by atoms with Gasteiger partial charge in [0.1, 0.15) is 0 Å². The van der Waals surface area contributed by atoms with E-state index in [0.717, 1.165) is 11.5 Å². The van der Waals surface area contributed by atoms with Gasteiger partial charge in [0.05, 0.1) is 5.04 Å². The molecule has 7 heteroatoms. The van der Waals surface area contributed by atoms with E-state index in [9.17, 15) is 8.42 Å². The fraction of sp³-hybridized carbons (Fsp3) is 0.875. The van der Waals surface area contributed by atoms with Gasteiger partial charge in [-0.15, -0.1) is 11.8 Å². The zero-order chi connectivity index (χ0) is 12.1. The molecule has 0 fully saturated rings. The second kappa shape index (κ2) is 6.47. The molecule has 5 nitrogen and oxygen atoms in total. The van der Waals surface area contributed by atoms with Crippen LogP contribution >= 0.6 is 11.8 Å². The molecule has 0 aliphatic rings. The third kappa shape index (κ3) is 6.88. The summed E-state index contributed by atoms with van der Waals surface area (Å²) < 4.78 is 31.9. The Morgan fingerprint density at radius 3 is 2.40 bits per heavy atom. The van der Waals surface area contributed by atoms with Crippen molar-refractivity contribution in [3.05, 3.63) is 0 Å². The average Bonchev–Trinajstić information content (AvgIpc) is 2.10. The topological polar surface area (TPSA) is 78.8 Å². The van der Waals surface area contributed by atoms with Gasteiger partial charge in [0, 0.05) is 18.3 Å². The number of nitrogens with zero attached hydrogens (tertiary/aromatic N) is 1. The van der Waals surface area contributed by atoms with Gasteiger partial charge in [-0.2, -0.15) is 13.1 Å². The van der Waals surface area contributed by atoms with Crippen molar-refractivity contribution in [1.29, 1.82) is 0 Å². The standard InChI is InChI=1S/C8H18N2O3S2/c1-5-8(9-4)14-7(3)6(2)10-15(11,12)13/h6-7,10H,5H2,1-4H3,(H,11,12,13)/b9-8-/t6?,7-/m1/s1. The molecule has 0 saturated carbocycles. The van der Waals surface area contributed by atoms with Gasteiger partial charge < -0.3 is 0 Å². The number of thioether (sulfide) groups is 1. The van der Waals surface area contributed by atoms with Crippen molar-refractivity contribution in [2.45, 2.75) is 38.5 Å². The largest absolute Gasteiger partial charge is 0.333 e. The lowest BCUT2D eigenvalue weighted by atomic mass is 10.3. The molecule has 0 bridgehead atoms. The normalized spacial score (nSPS) is 17.5. The van der Waals surface area contributed by atoms with Crippen LogP contribution in [0.4, 0.5) is 0 Å². The predicted molar refractivity (Wildman–Crippen MR) is 64.8 cm³/mol. The number of nitrogens with one attached hydrogen (secondary N) is 1. The molecule has 15 heavy (non-hydrogen) atoms. The molecule has 0 radical (unpaired) electrons. The van der Waals surface area contributed by atoms with Crippen molar-refractivity contribution in [2.24, 2.45) is 4.99 Å².